The maximum atomic E-state index is 12.5. The molecule has 5 heteroatoms. The number of carbonyl (C=O) groups excluding carboxylic acids is 1. The van der Waals surface area contributed by atoms with Crippen molar-refractivity contribution in [2.75, 3.05) is 13.7 Å². The van der Waals surface area contributed by atoms with E-state index in [1.165, 1.54) is 0 Å². The summed E-state index contributed by atoms with van der Waals surface area (Å²) in [7, 11) is 1.80. The fraction of sp³-hybridized carbons (Fsp3) is 0.300. The first kappa shape index (κ1) is 17.4. The number of nitrogens with zero attached hydrogens (tertiary/aromatic N) is 2. The van der Waals surface area contributed by atoms with Crippen LogP contribution in [0, 0.1) is 13.8 Å². The molecule has 25 heavy (non-hydrogen) atoms. The van der Waals surface area contributed by atoms with Crippen molar-refractivity contribution in [1.29, 1.82) is 0 Å². The summed E-state index contributed by atoms with van der Waals surface area (Å²) in [5.41, 5.74) is 3.05. The van der Waals surface area contributed by atoms with Gasteiger partial charge < -0.3 is 9.64 Å². The molecule has 2 aromatic carbocycles. The van der Waals surface area contributed by atoms with Crippen LogP contribution in [0.3, 0.4) is 0 Å². The lowest BCUT2D eigenvalue weighted by Gasteiger charge is -2.23. The van der Waals surface area contributed by atoms with Crippen LogP contribution in [0.2, 0.25) is 0 Å². The highest BCUT2D eigenvalue weighted by Crippen LogP contribution is 2.29. The molecule has 4 nitrogen and oxygen atoms in total. The molecule has 3 aromatic rings. The molecule has 0 aliphatic rings. The lowest BCUT2D eigenvalue weighted by atomic mass is 10.1. The van der Waals surface area contributed by atoms with Gasteiger partial charge in [0.2, 0.25) is 0 Å². The summed E-state index contributed by atoms with van der Waals surface area (Å²) >= 11 is 1.62. The van der Waals surface area contributed by atoms with Gasteiger partial charge in [-0.15, -0.1) is 11.3 Å². The normalized spacial score (nSPS) is 12.2. The average molecular weight is 354 g/mol. The van der Waals surface area contributed by atoms with Gasteiger partial charge in [0.1, 0.15) is 10.8 Å². The number of aryl methyl sites for hydroxylation is 2. The molecule has 130 valence electrons. The third-order valence-electron chi connectivity index (χ3n) is 4.39. The maximum absolute atomic E-state index is 12.5. The van der Waals surface area contributed by atoms with Crippen LogP contribution < -0.4 is 4.74 Å². The van der Waals surface area contributed by atoms with E-state index >= 15 is 0 Å². The molecule has 1 atom stereocenters. The molecule has 0 saturated heterocycles. The van der Waals surface area contributed by atoms with Crippen molar-refractivity contribution in [3.63, 3.8) is 0 Å². The van der Waals surface area contributed by atoms with Gasteiger partial charge in [-0.05, 0) is 44.0 Å². The van der Waals surface area contributed by atoms with Gasteiger partial charge >= 0.3 is 0 Å². The van der Waals surface area contributed by atoms with E-state index in [2.05, 4.69) is 11.1 Å². The highest BCUT2D eigenvalue weighted by Gasteiger charge is 2.21. The zero-order valence-corrected chi connectivity index (χ0v) is 15.8. The molecular weight excluding hydrogens is 332 g/mol. The van der Waals surface area contributed by atoms with Crippen LogP contribution in [0.25, 0.3) is 10.2 Å². The number of ether oxygens (including phenoxy) is 1. The first-order valence-electron chi connectivity index (χ1n) is 8.27. The predicted molar refractivity (Wildman–Crippen MR) is 102 cm³/mol. The number of hydrogen-bond donors (Lipinski definition) is 0. The minimum atomic E-state index is -0.0912. The third-order valence-corrected chi connectivity index (χ3v) is 5.60. The lowest BCUT2D eigenvalue weighted by molar-refractivity contribution is -0.134. The summed E-state index contributed by atoms with van der Waals surface area (Å²) in [4.78, 5) is 18.9. The number of carbonyl (C=O) groups is 1. The second-order valence-electron chi connectivity index (χ2n) is 6.21. The van der Waals surface area contributed by atoms with E-state index in [0.717, 1.165) is 32.1 Å². The molecule has 1 unspecified atom stereocenters. The Bertz CT molecular complexity index is 850. The number of amides is 1. The molecule has 0 radical (unpaired) electrons. The minimum absolute atomic E-state index is 0.0252. The summed E-state index contributed by atoms with van der Waals surface area (Å²) in [6, 6.07) is 13.9. The molecule has 0 N–H and O–H groups in total. The SMILES string of the molecule is Cc1cccc(C)c1OCC(=O)N(C)C(C)c1nc2ccccc2s1. The highest BCUT2D eigenvalue weighted by molar-refractivity contribution is 7.18. The van der Waals surface area contributed by atoms with Gasteiger partial charge in [0.15, 0.2) is 6.61 Å². The van der Waals surface area contributed by atoms with Crippen molar-refractivity contribution in [3.05, 3.63) is 58.6 Å². The second-order valence-corrected chi connectivity index (χ2v) is 7.27. The summed E-state index contributed by atoms with van der Waals surface area (Å²) in [6.07, 6.45) is 0. The van der Waals surface area contributed by atoms with E-state index in [4.69, 9.17) is 4.74 Å². The second kappa shape index (κ2) is 7.23. The van der Waals surface area contributed by atoms with Crippen LogP contribution in [-0.2, 0) is 4.79 Å². The van der Waals surface area contributed by atoms with Crippen LogP contribution in [0.1, 0.15) is 29.1 Å². The number of likely N-dealkylation sites (N-methyl/N-ethyl adjacent to an activating group) is 1. The topological polar surface area (TPSA) is 42.4 Å². The van der Waals surface area contributed by atoms with Gasteiger partial charge in [-0.25, -0.2) is 4.98 Å². The van der Waals surface area contributed by atoms with Crippen LogP contribution >= 0.6 is 11.3 Å². The van der Waals surface area contributed by atoms with Crippen molar-refractivity contribution < 1.29 is 9.53 Å². The van der Waals surface area contributed by atoms with Crippen LogP contribution in [0.5, 0.6) is 5.75 Å². The number of fused-ring (bicyclic) bond motifs is 1. The Morgan fingerprint density at radius 3 is 2.52 bits per heavy atom. The summed E-state index contributed by atoms with van der Waals surface area (Å²) in [5, 5.41) is 0.934. The van der Waals surface area contributed by atoms with Gasteiger partial charge in [-0.3, -0.25) is 4.79 Å². The van der Waals surface area contributed by atoms with E-state index in [9.17, 15) is 4.79 Å². The van der Waals surface area contributed by atoms with Gasteiger partial charge in [-0.1, -0.05) is 30.3 Å². The molecule has 0 fully saturated rings. The van der Waals surface area contributed by atoms with Gasteiger partial charge in [0, 0.05) is 7.05 Å². The number of thiazole rings is 1. The van der Waals surface area contributed by atoms with Crippen molar-refractivity contribution in [3.8, 4) is 5.75 Å². The molecule has 1 aromatic heterocycles. The van der Waals surface area contributed by atoms with Gasteiger partial charge in [-0.2, -0.15) is 0 Å². The quantitative estimate of drug-likeness (QED) is 0.677. The molecule has 1 amide bonds. The Hall–Kier alpha value is -2.40. The molecule has 0 bridgehead atoms. The van der Waals surface area contributed by atoms with Gasteiger partial charge in [0.05, 0.1) is 16.3 Å². The Balaban J connectivity index is 1.69. The van der Waals surface area contributed by atoms with Crippen LogP contribution in [0.15, 0.2) is 42.5 Å². The zero-order valence-electron chi connectivity index (χ0n) is 14.9. The van der Waals surface area contributed by atoms with Crippen LogP contribution in [0.4, 0.5) is 0 Å². The number of para-hydroxylation sites is 2. The van der Waals surface area contributed by atoms with Crippen molar-refractivity contribution in [2.24, 2.45) is 0 Å². The predicted octanol–water partition coefficient (Wildman–Crippen LogP) is 4.51. The standard InChI is InChI=1S/C20H22N2O2S/c1-13-8-7-9-14(2)19(13)24-12-18(23)22(4)15(3)20-21-16-10-5-6-11-17(16)25-20/h5-11,15H,12H2,1-4H3. The van der Waals surface area contributed by atoms with E-state index < -0.39 is 0 Å². The van der Waals surface area contributed by atoms with Crippen LogP contribution in [-0.4, -0.2) is 29.4 Å². The molecular formula is C20H22N2O2S. The smallest absolute Gasteiger partial charge is 0.260 e. The number of hydrogen-bond acceptors (Lipinski definition) is 4. The zero-order chi connectivity index (χ0) is 18.0. The van der Waals surface area contributed by atoms with Crippen molar-refractivity contribution >= 4 is 27.5 Å². The minimum Gasteiger partial charge on any atom is -0.483 e. The highest BCUT2D eigenvalue weighted by atomic mass is 32.1. The van der Waals surface area contributed by atoms with Crippen molar-refractivity contribution in [1.82, 2.24) is 9.88 Å². The third kappa shape index (κ3) is 3.66. The molecule has 0 saturated carbocycles. The summed E-state index contributed by atoms with van der Waals surface area (Å²) < 4.78 is 6.92. The fourth-order valence-electron chi connectivity index (χ4n) is 2.71. The lowest BCUT2D eigenvalue weighted by Crippen LogP contribution is -2.33. The number of benzene rings is 2. The number of rotatable bonds is 5. The monoisotopic (exact) mass is 354 g/mol. The molecule has 0 aliphatic carbocycles. The molecule has 3 rings (SSSR count). The van der Waals surface area contributed by atoms with Gasteiger partial charge in [0.25, 0.3) is 5.91 Å². The first-order valence-corrected chi connectivity index (χ1v) is 9.09. The van der Waals surface area contributed by atoms with E-state index in [1.54, 1.807) is 23.3 Å². The summed E-state index contributed by atoms with van der Waals surface area (Å²) in [5.74, 6) is 0.728. The average Bonchev–Trinajstić information content (AvgIpc) is 3.04. The maximum Gasteiger partial charge on any atom is 0.260 e. The Morgan fingerprint density at radius 1 is 1.16 bits per heavy atom. The largest absolute Gasteiger partial charge is 0.483 e. The van der Waals surface area contributed by atoms with E-state index in [0.29, 0.717) is 0 Å². The summed E-state index contributed by atoms with van der Waals surface area (Å²) in [6.45, 7) is 5.99. The Kier molecular flexibility index (Phi) is 5.04. The molecule has 0 aliphatic heterocycles. The first-order chi connectivity index (χ1) is 12.0. The molecule has 0 spiro atoms. The van der Waals surface area contributed by atoms with E-state index in [1.807, 2.05) is 57.2 Å². The Labute approximate surface area is 152 Å². The Morgan fingerprint density at radius 2 is 1.84 bits per heavy atom. The molecule has 1 heterocycles. The van der Waals surface area contributed by atoms with Crippen molar-refractivity contribution in [2.45, 2.75) is 26.8 Å². The number of aromatic nitrogens is 1. The van der Waals surface area contributed by atoms with E-state index in [-0.39, 0.29) is 18.6 Å². The fourth-order valence-corrected chi connectivity index (χ4v) is 3.78.